The van der Waals surface area contributed by atoms with Gasteiger partial charge < -0.3 is 29.6 Å². The summed E-state index contributed by atoms with van der Waals surface area (Å²) in [6.07, 6.45) is 6.52. The molecule has 0 saturated carbocycles. The van der Waals surface area contributed by atoms with E-state index >= 15 is 0 Å². The molecular weight excluding hydrogens is 454 g/mol. The first-order chi connectivity index (χ1) is 17.0. The van der Waals surface area contributed by atoms with Crippen LogP contribution in [-0.4, -0.2) is 92.3 Å². The number of likely N-dealkylation sites (tertiary alicyclic amines) is 1. The summed E-state index contributed by atoms with van der Waals surface area (Å²) in [5.74, 6) is 0.143. The van der Waals surface area contributed by atoms with E-state index in [0.29, 0.717) is 62.1 Å². The molecule has 5 rings (SSSR count). The topological polar surface area (TPSA) is 154 Å². The predicted octanol–water partition coefficient (Wildman–Crippen LogP) is 0.429. The van der Waals surface area contributed by atoms with Gasteiger partial charge in [-0.1, -0.05) is 0 Å². The molecule has 3 aromatic heterocycles. The fraction of sp³-hybridized carbons (Fsp3) is 0.500. The van der Waals surface area contributed by atoms with Crippen LogP contribution in [0.5, 0.6) is 0 Å². The van der Waals surface area contributed by atoms with E-state index in [4.69, 9.17) is 25.2 Å². The molecule has 2 fully saturated rings. The van der Waals surface area contributed by atoms with Crippen molar-refractivity contribution in [1.29, 1.82) is 0 Å². The second-order valence-corrected chi connectivity index (χ2v) is 8.52. The van der Waals surface area contributed by atoms with Crippen LogP contribution >= 0.6 is 0 Å². The lowest BCUT2D eigenvalue weighted by Gasteiger charge is -2.32. The molecule has 0 unspecified atom stereocenters. The average Bonchev–Trinajstić information content (AvgIpc) is 3.32. The molecule has 0 atom stereocenters. The maximum atomic E-state index is 12.3. The number of morpholine rings is 1. The van der Waals surface area contributed by atoms with Gasteiger partial charge in [0.2, 0.25) is 11.9 Å². The Balaban J connectivity index is 1.44. The Kier molecular flexibility index (Phi) is 6.40. The Morgan fingerprint density at radius 1 is 1.09 bits per heavy atom. The van der Waals surface area contributed by atoms with Crippen LogP contribution in [-0.2, 0) is 19.1 Å². The second kappa shape index (κ2) is 9.78. The third-order valence-electron chi connectivity index (χ3n) is 6.26. The van der Waals surface area contributed by atoms with E-state index < -0.39 is 5.97 Å². The molecule has 184 valence electrons. The minimum Gasteiger partial charge on any atom is -0.456 e. The molecule has 3 aromatic rings. The number of nitrogens with two attached hydrogens (primary N) is 1. The summed E-state index contributed by atoms with van der Waals surface area (Å²) < 4.78 is 12.4. The van der Waals surface area contributed by atoms with E-state index in [0.717, 1.165) is 18.5 Å². The molecule has 0 aliphatic carbocycles. The molecule has 2 aliphatic heterocycles. The van der Waals surface area contributed by atoms with Gasteiger partial charge in [-0.3, -0.25) is 9.59 Å². The fourth-order valence-corrected chi connectivity index (χ4v) is 4.39. The van der Waals surface area contributed by atoms with Crippen LogP contribution in [0, 0.1) is 0 Å². The van der Waals surface area contributed by atoms with Gasteiger partial charge in [0.05, 0.1) is 19.5 Å². The minimum atomic E-state index is -0.462. The summed E-state index contributed by atoms with van der Waals surface area (Å²) in [6, 6.07) is 0.112. The van der Waals surface area contributed by atoms with Crippen LogP contribution in [0.25, 0.3) is 22.4 Å². The Morgan fingerprint density at radius 3 is 2.49 bits per heavy atom. The highest BCUT2D eigenvalue weighted by Gasteiger charge is 2.27. The molecule has 0 radical (unpaired) electrons. The highest BCUT2D eigenvalue weighted by atomic mass is 16.5. The van der Waals surface area contributed by atoms with Crippen LogP contribution in [0.1, 0.15) is 25.8 Å². The molecule has 13 nitrogen and oxygen atoms in total. The molecule has 2 N–H and O–H groups in total. The van der Waals surface area contributed by atoms with Crippen molar-refractivity contribution in [2.24, 2.45) is 0 Å². The summed E-state index contributed by atoms with van der Waals surface area (Å²) in [7, 11) is 0. The van der Waals surface area contributed by atoms with Gasteiger partial charge in [0.25, 0.3) is 5.91 Å². The van der Waals surface area contributed by atoms with Crippen molar-refractivity contribution >= 4 is 34.9 Å². The largest absolute Gasteiger partial charge is 0.456 e. The Labute approximate surface area is 201 Å². The highest BCUT2D eigenvalue weighted by molar-refractivity contribution is 5.88. The summed E-state index contributed by atoms with van der Waals surface area (Å²) in [5.41, 5.74) is 8.41. The van der Waals surface area contributed by atoms with E-state index in [-0.39, 0.29) is 24.5 Å². The first-order valence-corrected chi connectivity index (χ1v) is 11.6. The number of anilines is 2. The second-order valence-electron chi connectivity index (χ2n) is 8.52. The number of nitrogen functional groups attached to an aromatic ring is 1. The van der Waals surface area contributed by atoms with Gasteiger partial charge in [-0.15, -0.1) is 0 Å². The number of hydrogen-bond acceptors (Lipinski definition) is 11. The zero-order chi connectivity index (χ0) is 24.4. The van der Waals surface area contributed by atoms with Crippen molar-refractivity contribution in [3.8, 4) is 11.3 Å². The van der Waals surface area contributed by atoms with Crippen LogP contribution in [0.4, 0.5) is 11.9 Å². The Bertz CT molecular complexity index is 1220. The number of fused-ring (bicyclic) bond motifs is 1. The van der Waals surface area contributed by atoms with Crippen LogP contribution in [0.3, 0.4) is 0 Å². The van der Waals surface area contributed by atoms with Gasteiger partial charge in [0.1, 0.15) is 11.2 Å². The van der Waals surface area contributed by atoms with E-state index in [1.165, 1.54) is 6.92 Å². The molecule has 1 amide bonds. The lowest BCUT2D eigenvalue weighted by atomic mass is 10.0. The fourth-order valence-electron chi connectivity index (χ4n) is 4.39. The standard InChI is InChI=1S/C22H27N9O4/c1-14(32)35-12-17(33)29-4-2-16(3-5-29)31-13-26-19-18(15-10-24-21(23)25-11-15)27-22(28-20(19)31)30-6-8-34-9-7-30/h10-11,13,16H,2-9,12H2,1H3,(H2,23,24,25). The minimum absolute atomic E-state index is 0.112. The zero-order valence-corrected chi connectivity index (χ0v) is 19.5. The number of esters is 1. The summed E-state index contributed by atoms with van der Waals surface area (Å²) in [6.45, 7) is 4.80. The monoisotopic (exact) mass is 481 g/mol. The number of rotatable bonds is 5. The van der Waals surface area contributed by atoms with Crippen molar-refractivity contribution in [3.63, 3.8) is 0 Å². The van der Waals surface area contributed by atoms with Gasteiger partial charge in [0.15, 0.2) is 12.3 Å². The lowest BCUT2D eigenvalue weighted by molar-refractivity contribution is -0.150. The zero-order valence-electron chi connectivity index (χ0n) is 19.5. The maximum Gasteiger partial charge on any atom is 0.303 e. The summed E-state index contributed by atoms with van der Waals surface area (Å²) in [4.78, 5) is 49.8. The van der Waals surface area contributed by atoms with Crippen LogP contribution in [0.15, 0.2) is 18.7 Å². The molecule has 2 aliphatic rings. The van der Waals surface area contributed by atoms with E-state index in [1.807, 2.05) is 0 Å². The number of ether oxygens (including phenoxy) is 2. The summed E-state index contributed by atoms with van der Waals surface area (Å²) in [5, 5.41) is 0. The van der Waals surface area contributed by atoms with Crippen molar-refractivity contribution in [2.75, 3.05) is 56.6 Å². The van der Waals surface area contributed by atoms with E-state index in [1.54, 1.807) is 23.6 Å². The normalized spacial score (nSPS) is 17.1. The third kappa shape index (κ3) is 4.85. The number of amides is 1. The highest BCUT2D eigenvalue weighted by Crippen LogP contribution is 2.31. The van der Waals surface area contributed by atoms with Gasteiger partial charge in [-0.2, -0.15) is 4.98 Å². The number of aromatic nitrogens is 6. The SMILES string of the molecule is CC(=O)OCC(=O)N1CCC(n2cnc3c(-c4cnc(N)nc4)nc(N4CCOCC4)nc32)CC1. The van der Waals surface area contributed by atoms with E-state index in [9.17, 15) is 9.59 Å². The van der Waals surface area contributed by atoms with Crippen molar-refractivity contribution < 1.29 is 19.1 Å². The third-order valence-corrected chi connectivity index (χ3v) is 6.26. The smallest absolute Gasteiger partial charge is 0.303 e. The maximum absolute atomic E-state index is 12.3. The first kappa shape index (κ1) is 22.9. The van der Waals surface area contributed by atoms with Crippen molar-refractivity contribution in [2.45, 2.75) is 25.8 Å². The first-order valence-electron chi connectivity index (χ1n) is 11.6. The Hall–Kier alpha value is -3.87. The lowest BCUT2D eigenvalue weighted by Crippen LogP contribution is -2.41. The molecule has 0 aromatic carbocycles. The average molecular weight is 482 g/mol. The predicted molar refractivity (Wildman–Crippen MR) is 125 cm³/mol. The number of piperidine rings is 1. The van der Waals surface area contributed by atoms with Crippen molar-refractivity contribution in [1.82, 2.24) is 34.4 Å². The van der Waals surface area contributed by atoms with Crippen molar-refractivity contribution in [3.05, 3.63) is 18.7 Å². The number of nitrogens with zero attached hydrogens (tertiary/aromatic N) is 8. The Morgan fingerprint density at radius 2 is 1.80 bits per heavy atom. The molecule has 5 heterocycles. The summed E-state index contributed by atoms with van der Waals surface area (Å²) >= 11 is 0. The molecule has 13 heteroatoms. The van der Waals surface area contributed by atoms with Gasteiger partial charge >= 0.3 is 5.97 Å². The number of hydrogen-bond donors (Lipinski definition) is 1. The van der Waals surface area contributed by atoms with Crippen LogP contribution < -0.4 is 10.6 Å². The van der Waals surface area contributed by atoms with Gasteiger partial charge in [-0.25, -0.2) is 19.9 Å². The molecule has 0 spiro atoms. The molecular formula is C22H27N9O4. The molecule has 2 saturated heterocycles. The van der Waals surface area contributed by atoms with Crippen LogP contribution in [0.2, 0.25) is 0 Å². The van der Waals surface area contributed by atoms with Gasteiger partial charge in [-0.05, 0) is 12.8 Å². The van der Waals surface area contributed by atoms with Gasteiger partial charge in [0, 0.05) is 57.1 Å². The number of imidazole rings is 1. The molecule has 0 bridgehead atoms. The molecule has 35 heavy (non-hydrogen) atoms. The quantitative estimate of drug-likeness (QED) is 0.504. The number of carbonyl (C=O) groups is 2. The number of carbonyl (C=O) groups excluding carboxylic acids is 2. The van der Waals surface area contributed by atoms with E-state index in [2.05, 4.69) is 24.4 Å².